The number of aromatic carboxylic acids is 1. The van der Waals surface area contributed by atoms with Gasteiger partial charge in [-0.1, -0.05) is 23.7 Å². The second-order valence-corrected chi connectivity index (χ2v) is 7.55. The van der Waals surface area contributed by atoms with Crippen LogP contribution < -0.4 is 14.8 Å². The van der Waals surface area contributed by atoms with Crippen LogP contribution in [0.4, 0.5) is 5.69 Å². The van der Waals surface area contributed by atoms with E-state index in [0.29, 0.717) is 35.2 Å². The highest BCUT2D eigenvalue weighted by Crippen LogP contribution is 2.37. The molecule has 0 atom stereocenters. The molecule has 0 aliphatic carbocycles. The maximum Gasteiger partial charge on any atom is 0.336 e. The van der Waals surface area contributed by atoms with Gasteiger partial charge < -0.3 is 19.9 Å². The zero-order valence-electron chi connectivity index (χ0n) is 15.5. The van der Waals surface area contributed by atoms with Crippen LogP contribution in [0.1, 0.15) is 26.4 Å². The molecule has 0 aliphatic rings. The Hall–Kier alpha value is -2.70. The number of carbonyl (C=O) groups is 1. The first-order valence-corrected chi connectivity index (χ1v) is 9.83. The van der Waals surface area contributed by atoms with E-state index in [1.165, 1.54) is 0 Å². The molecule has 0 aliphatic heterocycles. The number of carboxylic acids is 1. The minimum Gasteiger partial charge on any atom is -0.493 e. The number of hydrogen-bond acceptors (Lipinski definition) is 5. The molecule has 0 bridgehead atoms. The van der Waals surface area contributed by atoms with E-state index in [1.54, 1.807) is 37.5 Å². The summed E-state index contributed by atoms with van der Waals surface area (Å²) in [6.45, 7) is 2.67. The molecule has 0 saturated carbocycles. The Kier molecular flexibility index (Phi) is 6.44. The fraction of sp³-hybridized carbons (Fsp3) is 0.190. The standard InChI is InChI=1S/C21H20ClNO4S/c1-13-16(21(24)25)6-3-7-18(13)23-11-14-9-17(22)20(19(10-14)26-2)27-12-15-5-4-8-28-15/h3-10,23H,11-12H2,1-2H3,(H,24,25). The number of hydrogen-bond donors (Lipinski definition) is 2. The Morgan fingerprint density at radius 2 is 2.07 bits per heavy atom. The third-order valence-electron chi connectivity index (χ3n) is 4.28. The summed E-state index contributed by atoms with van der Waals surface area (Å²) < 4.78 is 11.3. The second-order valence-electron chi connectivity index (χ2n) is 6.11. The monoisotopic (exact) mass is 417 g/mol. The normalized spacial score (nSPS) is 10.5. The molecule has 3 aromatic rings. The van der Waals surface area contributed by atoms with Crippen molar-refractivity contribution in [3.63, 3.8) is 0 Å². The summed E-state index contributed by atoms with van der Waals surface area (Å²) in [5, 5.41) is 15.0. The van der Waals surface area contributed by atoms with E-state index in [0.717, 1.165) is 16.1 Å². The highest BCUT2D eigenvalue weighted by Gasteiger charge is 2.14. The summed E-state index contributed by atoms with van der Waals surface area (Å²) in [7, 11) is 1.57. The van der Waals surface area contributed by atoms with Gasteiger partial charge in [0.05, 0.1) is 17.7 Å². The largest absolute Gasteiger partial charge is 0.493 e. The summed E-state index contributed by atoms with van der Waals surface area (Å²) in [6.07, 6.45) is 0. The fourth-order valence-corrected chi connectivity index (χ4v) is 3.71. The lowest BCUT2D eigenvalue weighted by molar-refractivity contribution is 0.0696. The molecule has 146 valence electrons. The van der Waals surface area contributed by atoms with Crippen molar-refractivity contribution in [2.24, 2.45) is 0 Å². The van der Waals surface area contributed by atoms with Crippen LogP contribution in [0, 0.1) is 6.92 Å². The molecule has 2 aromatic carbocycles. The molecular formula is C21H20ClNO4S. The summed E-state index contributed by atoms with van der Waals surface area (Å²) in [5.41, 5.74) is 2.61. The van der Waals surface area contributed by atoms with Crippen LogP contribution in [0.25, 0.3) is 0 Å². The molecule has 0 spiro atoms. The average Bonchev–Trinajstić information content (AvgIpc) is 3.19. The number of methoxy groups -OCH3 is 1. The first-order valence-electron chi connectivity index (χ1n) is 8.58. The molecular weight excluding hydrogens is 398 g/mol. The Balaban J connectivity index is 1.75. The van der Waals surface area contributed by atoms with E-state index >= 15 is 0 Å². The van der Waals surface area contributed by atoms with Gasteiger partial charge in [-0.3, -0.25) is 0 Å². The van der Waals surface area contributed by atoms with Gasteiger partial charge in [-0.2, -0.15) is 0 Å². The van der Waals surface area contributed by atoms with Crippen LogP contribution in [0.15, 0.2) is 47.8 Å². The minimum atomic E-state index is -0.946. The van der Waals surface area contributed by atoms with Crippen LogP contribution in [-0.4, -0.2) is 18.2 Å². The second kappa shape index (κ2) is 8.99. The van der Waals surface area contributed by atoms with Crippen molar-refractivity contribution < 1.29 is 19.4 Å². The predicted octanol–water partition coefficient (Wildman–Crippen LogP) is 5.61. The van der Waals surface area contributed by atoms with E-state index in [9.17, 15) is 9.90 Å². The lowest BCUT2D eigenvalue weighted by atomic mass is 10.1. The van der Waals surface area contributed by atoms with Crippen molar-refractivity contribution in [3.05, 3.63) is 74.4 Å². The van der Waals surface area contributed by atoms with Crippen molar-refractivity contribution >= 4 is 34.6 Å². The van der Waals surface area contributed by atoms with Gasteiger partial charge in [-0.15, -0.1) is 11.3 Å². The number of halogens is 1. The third-order valence-corrected chi connectivity index (χ3v) is 5.41. The summed E-state index contributed by atoms with van der Waals surface area (Å²) in [6, 6.07) is 12.8. The van der Waals surface area contributed by atoms with Gasteiger partial charge in [-0.25, -0.2) is 4.79 Å². The van der Waals surface area contributed by atoms with Crippen LogP contribution in [0.2, 0.25) is 5.02 Å². The molecule has 1 heterocycles. The van der Waals surface area contributed by atoms with Crippen molar-refractivity contribution in [1.82, 2.24) is 0 Å². The van der Waals surface area contributed by atoms with Gasteiger partial charge in [0.1, 0.15) is 6.61 Å². The van der Waals surface area contributed by atoms with Crippen LogP contribution in [0.5, 0.6) is 11.5 Å². The number of benzene rings is 2. The van der Waals surface area contributed by atoms with Gasteiger partial charge in [0.25, 0.3) is 0 Å². The molecule has 2 N–H and O–H groups in total. The first-order chi connectivity index (χ1) is 13.5. The van der Waals surface area contributed by atoms with Gasteiger partial charge in [0.2, 0.25) is 0 Å². The maximum atomic E-state index is 11.3. The van der Waals surface area contributed by atoms with Crippen molar-refractivity contribution in [2.45, 2.75) is 20.1 Å². The van der Waals surface area contributed by atoms with E-state index in [1.807, 2.05) is 35.7 Å². The predicted molar refractivity (Wildman–Crippen MR) is 112 cm³/mol. The Bertz CT molecular complexity index is 973. The van der Waals surface area contributed by atoms with E-state index in [-0.39, 0.29) is 5.56 Å². The number of ether oxygens (including phenoxy) is 2. The number of nitrogens with one attached hydrogen (secondary N) is 1. The molecule has 7 heteroatoms. The highest BCUT2D eigenvalue weighted by molar-refractivity contribution is 7.09. The Labute approximate surface area is 172 Å². The topological polar surface area (TPSA) is 67.8 Å². The Morgan fingerprint density at radius 3 is 2.75 bits per heavy atom. The first kappa shape index (κ1) is 20.0. The number of thiophene rings is 1. The zero-order chi connectivity index (χ0) is 20.1. The fourth-order valence-electron chi connectivity index (χ4n) is 2.81. The number of rotatable bonds is 8. The molecule has 0 fully saturated rings. The van der Waals surface area contributed by atoms with E-state index in [4.69, 9.17) is 21.1 Å². The number of anilines is 1. The molecule has 3 rings (SSSR count). The Morgan fingerprint density at radius 1 is 1.25 bits per heavy atom. The highest BCUT2D eigenvalue weighted by atomic mass is 35.5. The molecule has 0 unspecified atom stereocenters. The minimum absolute atomic E-state index is 0.276. The third kappa shape index (κ3) is 4.58. The number of carboxylic acid groups (broad SMARTS) is 1. The van der Waals surface area contributed by atoms with Crippen LogP contribution in [0.3, 0.4) is 0 Å². The molecule has 5 nitrogen and oxygen atoms in total. The van der Waals surface area contributed by atoms with E-state index in [2.05, 4.69) is 5.32 Å². The lowest BCUT2D eigenvalue weighted by Gasteiger charge is -2.15. The van der Waals surface area contributed by atoms with Gasteiger partial charge >= 0.3 is 5.97 Å². The van der Waals surface area contributed by atoms with Crippen LogP contribution >= 0.6 is 22.9 Å². The molecule has 0 amide bonds. The molecule has 28 heavy (non-hydrogen) atoms. The van der Waals surface area contributed by atoms with Gasteiger partial charge in [0, 0.05) is 17.1 Å². The van der Waals surface area contributed by atoms with Crippen molar-refractivity contribution in [1.29, 1.82) is 0 Å². The van der Waals surface area contributed by atoms with Crippen LogP contribution in [-0.2, 0) is 13.2 Å². The maximum absolute atomic E-state index is 11.3. The summed E-state index contributed by atoms with van der Waals surface area (Å²) >= 11 is 8.04. The SMILES string of the molecule is COc1cc(CNc2cccc(C(=O)O)c2C)cc(Cl)c1OCc1cccs1. The van der Waals surface area contributed by atoms with Gasteiger partial charge in [0.15, 0.2) is 11.5 Å². The smallest absolute Gasteiger partial charge is 0.336 e. The van der Waals surface area contributed by atoms with Gasteiger partial charge in [-0.05, 0) is 53.8 Å². The zero-order valence-corrected chi connectivity index (χ0v) is 17.1. The summed E-state index contributed by atoms with van der Waals surface area (Å²) in [4.78, 5) is 12.4. The van der Waals surface area contributed by atoms with E-state index < -0.39 is 5.97 Å². The summed E-state index contributed by atoms with van der Waals surface area (Å²) in [5.74, 6) is 0.111. The average molecular weight is 418 g/mol. The van der Waals surface area contributed by atoms with Crippen molar-refractivity contribution in [3.8, 4) is 11.5 Å². The lowest BCUT2D eigenvalue weighted by Crippen LogP contribution is -2.06. The molecule has 1 aromatic heterocycles. The molecule has 0 radical (unpaired) electrons. The van der Waals surface area contributed by atoms with Crippen molar-refractivity contribution in [2.75, 3.05) is 12.4 Å². The molecule has 0 saturated heterocycles. The quantitative estimate of drug-likeness (QED) is 0.498.